The summed E-state index contributed by atoms with van der Waals surface area (Å²) in [5, 5.41) is 19.1. The summed E-state index contributed by atoms with van der Waals surface area (Å²) in [6, 6.07) is 8.29. The summed E-state index contributed by atoms with van der Waals surface area (Å²) in [7, 11) is 2.16. The monoisotopic (exact) mass is 448 g/mol. The van der Waals surface area contributed by atoms with E-state index in [1.54, 1.807) is 12.3 Å². The minimum absolute atomic E-state index is 0.518. The highest BCUT2D eigenvalue weighted by Gasteiger charge is 2.17. The predicted octanol–water partition coefficient (Wildman–Crippen LogP) is 3.06. The lowest BCUT2D eigenvalue weighted by molar-refractivity contribution is 0.312. The zero-order valence-corrected chi connectivity index (χ0v) is 19.3. The number of piperazine rings is 1. The Kier molecular flexibility index (Phi) is 7.24. The van der Waals surface area contributed by atoms with E-state index in [4.69, 9.17) is 0 Å². The van der Waals surface area contributed by atoms with Crippen molar-refractivity contribution < 1.29 is 0 Å². The fourth-order valence-corrected chi connectivity index (χ4v) is 4.49. The molecule has 2 aromatic rings. The highest BCUT2D eigenvalue weighted by atomic mass is 32.2. The molecule has 0 atom stereocenters. The van der Waals surface area contributed by atoms with Gasteiger partial charge in [0.1, 0.15) is 17.5 Å². The first-order valence-electron chi connectivity index (χ1n) is 10.9. The third kappa shape index (κ3) is 5.39. The second-order valence-corrected chi connectivity index (χ2v) is 8.69. The van der Waals surface area contributed by atoms with Crippen molar-refractivity contribution in [3.63, 3.8) is 0 Å². The van der Waals surface area contributed by atoms with E-state index < -0.39 is 0 Å². The molecule has 2 N–H and O–H groups in total. The number of rotatable bonds is 7. The Balaban J connectivity index is 1.33. The summed E-state index contributed by atoms with van der Waals surface area (Å²) in [5.74, 6) is 1.56. The predicted molar refractivity (Wildman–Crippen MR) is 130 cm³/mol. The van der Waals surface area contributed by atoms with E-state index in [-0.39, 0.29) is 0 Å². The molecular weight excluding hydrogens is 420 g/mol. The average Bonchev–Trinajstić information content (AvgIpc) is 3.30. The molecule has 0 radical (unpaired) electrons. The average molecular weight is 449 g/mol. The van der Waals surface area contributed by atoms with Crippen LogP contribution in [0.2, 0.25) is 0 Å². The van der Waals surface area contributed by atoms with Crippen LogP contribution in [0, 0.1) is 11.3 Å². The molecule has 0 amide bonds. The normalized spacial score (nSPS) is 18.0. The zero-order valence-electron chi connectivity index (χ0n) is 18.5. The van der Waals surface area contributed by atoms with Crippen LogP contribution in [0.4, 0.5) is 11.8 Å². The Morgan fingerprint density at radius 3 is 2.75 bits per heavy atom. The van der Waals surface area contributed by atoms with E-state index in [9.17, 15) is 5.26 Å². The van der Waals surface area contributed by atoms with Gasteiger partial charge in [-0.25, -0.2) is 15.0 Å². The van der Waals surface area contributed by atoms with Crippen LogP contribution in [0.3, 0.4) is 0 Å². The Morgan fingerprint density at radius 1 is 1.22 bits per heavy atom. The Hall–Kier alpha value is -3.09. The first-order valence-corrected chi connectivity index (χ1v) is 11.8. The van der Waals surface area contributed by atoms with Crippen LogP contribution in [0.25, 0.3) is 5.57 Å². The molecule has 0 aliphatic carbocycles. The van der Waals surface area contributed by atoms with E-state index in [2.05, 4.69) is 67.6 Å². The summed E-state index contributed by atoms with van der Waals surface area (Å²) in [6.07, 6.45) is 5.35. The van der Waals surface area contributed by atoms with Crippen molar-refractivity contribution in [2.45, 2.75) is 19.8 Å². The van der Waals surface area contributed by atoms with Gasteiger partial charge >= 0.3 is 0 Å². The van der Waals surface area contributed by atoms with Gasteiger partial charge in [0.25, 0.3) is 0 Å². The molecule has 0 unspecified atom stereocenters. The van der Waals surface area contributed by atoms with Crippen molar-refractivity contribution in [1.29, 1.82) is 5.26 Å². The smallest absolute Gasteiger partial charge is 0.223 e. The second-order valence-electron chi connectivity index (χ2n) is 7.81. The molecule has 0 saturated carbocycles. The molecule has 4 heterocycles. The number of nitriles is 1. The molecule has 2 aliphatic rings. The summed E-state index contributed by atoms with van der Waals surface area (Å²) in [4.78, 5) is 18.2. The van der Waals surface area contributed by atoms with E-state index in [0.717, 1.165) is 61.1 Å². The standard InChI is InChI=1S/C23H28N8S/c1-3-18-16-32-22(28-18)19(14-24)20-7-9-26-23(29-20)25-8-6-17-4-5-21(27-15-17)31-12-10-30(2)11-13-31/h4-5,7,9,15-16,28H,3,6,8,10-13H2,1-2H3,(H,25,26,29). The topological polar surface area (TPSA) is 93.0 Å². The maximum absolute atomic E-state index is 9.67. The van der Waals surface area contributed by atoms with Crippen LogP contribution in [0.1, 0.15) is 24.6 Å². The lowest BCUT2D eigenvalue weighted by Gasteiger charge is -2.33. The largest absolute Gasteiger partial charge is 0.354 e. The quantitative estimate of drug-likeness (QED) is 0.620. The minimum atomic E-state index is 0.518. The summed E-state index contributed by atoms with van der Waals surface area (Å²) >= 11 is 1.53. The molecular formula is C23H28N8S. The third-order valence-electron chi connectivity index (χ3n) is 5.56. The molecule has 0 bridgehead atoms. The highest BCUT2D eigenvalue weighted by molar-refractivity contribution is 8.06. The number of allylic oxidation sites excluding steroid dienone is 2. The van der Waals surface area contributed by atoms with E-state index in [1.165, 1.54) is 11.8 Å². The SMILES string of the molecule is CCC1=CSC(=C(C#N)c2ccnc(NCCc3ccc(N4CCN(C)CC4)nc3)n2)N1. The summed E-state index contributed by atoms with van der Waals surface area (Å²) in [6.45, 7) is 6.94. The molecule has 166 valence electrons. The molecule has 0 aromatic carbocycles. The zero-order chi connectivity index (χ0) is 22.3. The first kappa shape index (κ1) is 22.1. The number of nitrogens with one attached hydrogen (secondary N) is 2. The number of hydrogen-bond acceptors (Lipinski definition) is 9. The summed E-state index contributed by atoms with van der Waals surface area (Å²) in [5.41, 5.74) is 3.42. The fraction of sp³-hybridized carbons (Fsp3) is 0.391. The van der Waals surface area contributed by atoms with Gasteiger partial charge in [-0.15, -0.1) is 0 Å². The third-order valence-corrected chi connectivity index (χ3v) is 6.50. The summed E-state index contributed by atoms with van der Waals surface area (Å²) < 4.78 is 0. The second kappa shape index (κ2) is 10.5. The molecule has 1 saturated heterocycles. The lowest BCUT2D eigenvalue weighted by Crippen LogP contribution is -2.44. The van der Waals surface area contributed by atoms with Crippen molar-refractivity contribution in [3.8, 4) is 6.07 Å². The Bertz CT molecular complexity index is 1030. The lowest BCUT2D eigenvalue weighted by atomic mass is 10.2. The van der Waals surface area contributed by atoms with Crippen LogP contribution in [0.15, 0.2) is 46.7 Å². The van der Waals surface area contributed by atoms with Gasteiger partial charge in [-0.2, -0.15) is 5.26 Å². The number of aromatic nitrogens is 3. The van der Waals surface area contributed by atoms with Gasteiger partial charge in [-0.3, -0.25) is 0 Å². The van der Waals surface area contributed by atoms with Gasteiger partial charge in [-0.05, 0) is 43.0 Å². The molecule has 2 aromatic heterocycles. The Morgan fingerprint density at radius 2 is 2.06 bits per heavy atom. The van der Waals surface area contributed by atoms with Gasteiger partial charge in [0.2, 0.25) is 5.95 Å². The van der Waals surface area contributed by atoms with Gasteiger partial charge in [0, 0.05) is 50.8 Å². The van der Waals surface area contributed by atoms with Crippen LogP contribution in [0.5, 0.6) is 0 Å². The highest BCUT2D eigenvalue weighted by Crippen LogP contribution is 2.31. The number of nitrogens with zero attached hydrogens (tertiary/aromatic N) is 6. The van der Waals surface area contributed by atoms with E-state index in [1.807, 2.05) is 11.6 Å². The molecule has 4 rings (SSSR count). The molecule has 0 spiro atoms. The number of hydrogen-bond donors (Lipinski definition) is 2. The first-order chi connectivity index (χ1) is 15.7. The van der Waals surface area contributed by atoms with Gasteiger partial charge in [0.05, 0.1) is 10.7 Å². The minimum Gasteiger partial charge on any atom is -0.354 e. The molecule has 8 nitrogen and oxygen atoms in total. The number of likely N-dealkylation sites (N-methyl/N-ethyl adjacent to an activating group) is 1. The Labute approximate surface area is 193 Å². The van der Waals surface area contributed by atoms with Crippen molar-refractivity contribution in [3.05, 3.63) is 58.0 Å². The fourth-order valence-electron chi connectivity index (χ4n) is 3.54. The van der Waals surface area contributed by atoms with Crippen LogP contribution >= 0.6 is 11.8 Å². The van der Waals surface area contributed by atoms with Crippen LogP contribution < -0.4 is 15.5 Å². The number of anilines is 2. The van der Waals surface area contributed by atoms with Gasteiger partial charge in [0.15, 0.2) is 0 Å². The molecule has 32 heavy (non-hydrogen) atoms. The van der Waals surface area contributed by atoms with Crippen LogP contribution in [-0.2, 0) is 6.42 Å². The van der Waals surface area contributed by atoms with Crippen molar-refractivity contribution in [1.82, 2.24) is 25.2 Å². The molecule has 9 heteroatoms. The van der Waals surface area contributed by atoms with E-state index in [0.29, 0.717) is 23.8 Å². The van der Waals surface area contributed by atoms with Gasteiger partial charge in [-0.1, -0.05) is 24.8 Å². The number of thioether (sulfide) groups is 1. The number of pyridine rings is 1. The van der Waals surface area contributed by atoms with E-state index >= 15 is 0 Å². The maximum Gasteiger partial charge on any atom is 0.223 e. The van der Waals surface area contributed by atoms with Gasteiger partial charge < -0.3 is 20.4 Å². The molecule has 2 aliphatic heterocycles. The maximum atomic E-state index is 9.67. The van der Waals surface area contributed by atoms with Crippen molar-refractivity contribution in [2.24, 2.45) is 0 Å². The van der Waals surface area contributed by atoms with Crippen molar-refractivity contribution in [2.75, 3.05) is 50.0 Å². The van der Waals surface area contributed by atoms with Crippen molar-refractivity contribution >= 4 is 29.1 Å². The molecule has 1 fully saturated rings. The van der Waals surface area contributed by atoms with Crippen LogP contribution in [-0.4, -0.2) is 59.6 Å².